The van der Waals surface area contributed by atoms with Crippen molar-refractivity contribution in [3.05, 3.63) is 56.3 Å². The molecule has 0 unspecified atom stereocenters. The Morgan fingerprint density at radius 2 is 2.22 bits per heavy atom. The number of ether oxygens (including phenoxy) is 1. The van der Waals surface area contributed by atoms with Crippen molar-refractivity contribution in [2.24, 2.45) is 0 Å². The number of thiophene rings is 1. The third-order valence-electron chi connectivity index (χ3n) is 4.53. The number of hydrogen-bond acceptors (Lipinski definition) is 6. The lowest BCUT2D eigenvalue weighted by atomic mass is 10.1. The molecule has 0 saturated carbocycles. The lowest BCUT2D eigenvalue weighted by Gasteiger charge is -2.08. The number of aryl methyl sites for hydroxylation is 1. The van der Waals surface area contributed by atoms with Crippen LogP contribution in [-0.4, -0.2) is 12.5 Å². The van der Waals surface area contributed by atoms with E-state index in [9.17, 15) is 14.9 Å². The van der Waals surface area contributed by atoms with Crippen LogP contribution >= 0.6 is 11.3 Å². The summed E-state index contributed by atoms with van der Waals surface area (Å²) in [5, 5.41) is 13.3. The molecule has 3 aromatic rings. The molecule has 0 bridgehead atoms. The first-order valence-electron chi connectivity index (χ1n) is 8.67. The summed E-state index contributed by atoms with van der Waals surface area (Å²) < 4.78 is 10.6. The number of carbonyl (C=O) groups excluding carboxylic acids is 1. The minimum absolute atomic E-state index is 0.210. The highest BCUT2D eigenvalue weighted by Crippen LogP contribution is 2.38. The smallest absolute Gasteiger partial charge is 0.337 e. The molecular formula is C20H16N2O4S. The van der Waals surface area contributed by atoms with Gasteiger partial charge in [0.2, 0.25) is 0 Å². The molecule has 0 radical (unpaired) electrons. The van der Waals surface area contributed by atoms with Crippen molar-refractivity contribution < 1.29 is 13.9 Å². The van der Waals surface area contributed by atoms with Gasteiger partial charge in [-0.15, -0.1) is 11.3 Å². The molecule has 1 amide bonds. The third kappa shape index (κ3) is 3.09. The highest BCUT2D eigenvalue weighted by Gasteiger charge is 2.24. The molecule has 0 aliphatic heterocycles. The zero-order chi connectivity index (χ0) is 19.0. The van der Waals surface area contributed by atoms with Crippen LogP contribution in [0.3, 0.4) is 0 Å². The summed E-state index contributed by atoms with van der Waals surface area (Å²) in [5.74, 6) is 0.126. The molecule has 27 heavy (non-hydrogen) atoms. The van der Waals surface area contributed by atoms with E-state index in [1.807, 2.05) is 6.92 Å². The molecule has 0 atom stereocenters. The molecular weight excluding hydrogens is 364 g/mol. The lowest BCUT2D eigenvalue weighted by molar-refractivity contribution is 0.102. The Balaban J connectivity index is 1.73. The topological polar surface area (TPSA) is 92.3 Å². The van der Waals surface area contributed by atoms with E-state index in [0.29, 0.717) is 28.3 Å². The van der Waals surface area contributed by atoms with Crippen LogP contribution < -0.4 is 15.7 Å². The number of anilines is 1. The van der Waals surface area contributed by atoms with Crippen LogP contribution in [0.4, 0.5) is 5.00 Å². The van der Waals surface area contributed by atoms with E-state index in [0.717, 1.165) is 29.7 Å². The van der Waals surface area contributed by atoms with Crippen molar-refractivity contribution >= 4 is 33.2 Å². The highest BCUT2D eigenvalue weighted by atomic mass is 32.1. The first kappa shape index (κ1) is 17.3. The van der Waals surface area contributed by atoms with Crippen LogP contribution in [0.15, 0.2) is 33.5 Å². The Hall–Kier alpha value is -3.11. The number of fused-ring (bicyclic) bond motifs is 2. The molecule has 0 saturated heterocycles. The van der Waals surface area contributed by atoms with E-state index in [-0.39, 0.29) is 11.1 Å². The van der Waals surface area contributed by atoms with Gasteiger partial charge in [0.25, 0.3) is 5.91 Å². The zero-order valence-electron chi connectivity index (χ0n) is 14.6. The molecule has 2 heterocycles. The number of nitriles is 1. The van der Waals surface area contributed by atoms with Crippen molar-refractivity contribution in [1.29, 1.82) is 5.26 Å². The summed E-state index contributed by atoms with van der Waals surface area (Å²) in [6.45, 7) is 2.34. The van der Waals surface area contributed by atoms with Gasteiger partial charge >= 0.3 is 5.63 Å². The van der Waals surface area contributed by atoms with Crippen LogP contribution in [-0.2, 0) is 12.8 Å². The second-order valence-electron chi connectivity index (χ2n) is 6.20. The zero-order valence-corrected chi connectivity index (χ0v) is 15.4. The lowest BCUT2D eigenvalue weighted by Crippen LogP contribution is -2.15. The highest BCUT2D eigenvalue weighted by molar-refractivity contribution is 7.16. The normalized spacial score (nSPS) is 12.6. The molecule has 0 fully saturated rings. The fourth-order valence-corrected chi connectivity index (χ4v) is 4.60. The number of carbonyl (C=O) groups is 1. The van der Waals surface area contributed by atoms with Crippen LogP contribution in [0.2, 0.25) is 0 Å². The maximum atomic E-state index is 12.9. The minimum Gasteiger partial charge on any atom is -0.494 e. The molecule has 0 spiro atoms. The van der Waals surface area contributed by atoms with Crippen molar-refractivity contribution in [3.63, 3.8) is 0 Å². The standard InChI is InChI=1S/C20H16N2O4S/c1-2-25-11-6-7-12-14(9-18(23)26-16(12)8-11)19(24)22-20-15(10-21)13-4-3-5-17(13)27-20/h6-9H,2-5H2,1H3,(H,22,24). The summed E-state index contributed by atoms with van der Waals surface area (Å²) in [6.07, 6.45) is 2.84. The van der Waals surface area contributed by atoms with Crippen molar-refractivity contribution in [1.82, 2.24) is 0 Å². The second kappa shape index (κ2) is 6.89. The summed E-state index contributed by atoms with van der Waals surface area (Å²) in [5.41, 5.74) is 1.45. The van der Waals surface area contributed by atoms with Gasteiger partial charge in [0.15, 0.2) is 0 Å². The van der Waals surface area contributed by atoms with Gasteiger partial charge in [0.05, 0.1) is 17.7 Å². The predicted octanol–water partition coefficient (Wildman–Crippen LogP) is 3.87. The largest absolute Gasteiger partial charge is 0.494 e. The molecule has 2 aromatic heterocycles. The van der Waals surface area contributed by atoms with Crippen LogP contribution in [0.25, 0.3) is 11.0 Å². The van der Waals surface area contributed by atoms with Gasteiger partial charge in [-0.25, -0.2) is 4.79 Å². The first-order chi connectivity index (χ1) is 13.1. The molecule has 4 rings (SSSR count). The van der Waals surface area contributed by atoms with Gasteiger partial charge in [-0.3, -0.25) is 4.79 Å². The van der Waals surface area contributed by atoms with E-state index in [2.05, 4.69) is 11.4 Å². The number of hydrogen-bond donors (Lipinski definition) is 1. The fourth-order valence-electron chi connectivity index (χ4n) is 3.37. The Morgan fingerprint density at radius 1 is 1.37 bits per heavy atom. The number of rotatable bonds is 4. The summed E-state index contributed by atoms with van der Waals surface area (Å²) in [7, 11) is 0. The van der Waals surface area contributed by atoms with E-state index < -0.39 is 11.5 Å². The first-order valence-corrected chi connectivity index (χ1v) is 9.49. The van der Waals surface area contributed by atoms with Gasteiger partial charge in [0.1, 0.15) is 22.4 Å². The van der Waals surface area contributed by atoms with Gasteiger partial charge in [-0.2, -0.15) is 5.26 Å². The average molecular weight is 380 g/mol. The van der Waals surface area contributed by atoms with Crippen molar-refractivity contribution in [2.75, 3.05) is 11.9 Å². The van der Waals surface area contributed by atoms with E-state index in [1.54, 1.807) is 18.2 Å². The van der Waals surface area contributed by atoms with Crippen molar-refractivity contribution in [3.8, 4) is 11.8 Å². The molecule has 1 aromatic carbocycles. The Kier molecular flexibility index (Phi) is 4.42. The summed E-state index contributed by atoms with van der Waals surface area (Å²) >= 11 is 1.44. The Morgan fingerprint density at radius 3 is 3.00 bits per heavy atom. The molecule has 6 nitrogen and oxygen atoms in total. The summed E-state index contributed by atoms with van der Waals surface area (Å²) in [6, 6.07) is 8.39. The van der Waals surface area contributed by atoms with Crippen LogP contribution in [0, 0.1) is 11.3 Å². The van der Waals surface area contributed by atoms with Crippen LogP contribution in [0.5, 0.6) is 5.75 Å². The second-order valence-corrected chi connectivity index (χ2v) is 7.30. The Labute approximate surface area is 159 Å². The maximum absolute atomic E-state index is 12.9. The van der Waals surface area contributed by atoms with Gasteiger partial charge in [-0.05, 0) is 43.9 Å². The average Bonchev–Trinajstić information content (AvgIpc) is 3.21. The van der Waals surface area contributed by atoms with Gasteiger partial charge < -0.3 is 14.5 Å². The fraction of sp³-hybridized carbons (Fsp3) is 0.250. The van der Waals surface area contributed by atoms with Crippen molar-refractivity contribution in [2.45, 2.75) is 26.2 Å². The third-order valence-corrected chi connectivity index (χ3v) is 5.74. The van der Waals surface area contributed by atoms with Gasteiger partial charge in [0, 0.05) is 22.4 Å². The SMILES string of the molecule is CCOc1ccc2c(C(=O)Nc3sc4c(c3C#N)CCC4)cc(=O)oc2c1. The maximum Gasteiger partial charge on any atom is 0.337 e. The van der Waals surface area contributed by atoms with E-state index in [4.69, 9.17) is 9.15 Å². The van der Waals surface area contributed by atoms with E-state index in [1.165, 1.54) is 17.4 Å². The molecule has 1 aliphatic carbocycles. The van der Waals surface area contributed by atoms with E-state index >= 15 is 0 Å². The minimum atomic E-state index is -0.615. The molecule has 136 valence electrons. The summed E-state index contributed by atoms with van der Waals surface area (Å²) in [4.78, 5) is 25.9. The predicted molar refractivity (Wildman–Crippen MR) is 103 cm³/mol. The van der Waals surface area contributed by atoms with Gasteiger partial charge in [-0.1, -0.05) is 0 Å². The molecule has 7 heteroatoms. The Bertz CT molecular complexity index is 1150. The monoisotopic (exact) mass is 380 g/mol. The quantitative estimate of drug-likeness (QED) is 0.694. The van der Waals surface area contributed by atoms with Crippen LogP contribution in [0.1, 0.15) is 39.7 Å². The molecule has 1 aliphatic rings. The number of amides is 1. The molecule has 1 N–H and O–H groups in total. The number of nitrogens with one attached hydrogen (secondary N) is 1. The number of benzene rings is 1. The number of nitrogens with zero attached hydrogens (tertiary/aromatic N) is 1.